The third-order valence-corrected chi connectivity index (χ3v) is 2.82. The number of ether oxygens (including phenoxy) is 1. The molecular weight excluding hydrogens is 244 g/mol. The Balaban J connectivity index is 2.17. The second kappa shape index (κ2) is 5.48. The van der Waals surface area contributed by atoms with Crippen molar-refractivity contribution in [1.29, 1.82) is 0 Å². The van der Waals surface area contributed by atoms with Crippen LogP contribution in [0.4, 0.5) is 0 Å². The second-order valence-corrected chi connectivity index (χ2v) is 4.21. The van der Waals surface area contributed by atoms with Crippen molar-refractivity contribution in [1.82, 2.24) is 5.01 Å². The average Bonchev–Trinajstić information content (AvgIpc) is 2.45. The molecule has 0 unspecified atom stereocenters. The molecular formula is C14H14N2O3. The SMILES string of the molecule is C[C@@H](Oc1ccc2ccccc2c1)C(=O)N(C)N=O. The number of carbonyl (C=O) groups excluding carboxylic acids is 1. The quantitative estimate of drug-likeness (QED) is 0.625. The Labute approximate surface area is 110 Å². The van der Waals surface area contributed by atoms with Gasteiger partial charge >= 0.3 is 0 Å². The van der Waals surface area contributed by atoms with Crippen LogP contribution >= 0.6 is 0 Å². The molecule has 0 saturated heterocycles. The summed E-state index contributed by atoms with van der Waals surface area (Å²) in [4.78, 5) is 21.9. The van der Waals surface area contributed by atoms with Crippen molar-refractivity contribution >= 4 is 16.7 Å². The van der Waals surface area contributed by atoms with Crippen LogP contribution in [0.5, 0.6) is 5.75 Å². The molecule has 0 heterocycles. The summed E-state index contributed by atoms with van der Waals surface area (Å²) in [6, 6.07) is 13.4. The van der Waals surface area contributed by atoms with Gasteiger partial charge in [0.05, 0.1) is 5.29 Å². The summed E-state index contributed by atoms with van der Waals surface area (Å²) >= 11 is 0. The minimum Gasteiger partial charge on any atom is -0.481 e. The van der Waals surface area contributed by atoms with Gasteiger partial charge in [-0.05, 0) is 29.8 Å². The third kappa shape index (κ3) is 2.88. The average molecular weight is 258 g/mol. The van der Waals surface area contributed by atoms with Gasteiger partial charge in [-0.25, -0.2) is 0 Å². The molecule has 0 aromatic heterocycles. The molecule has 0 aliphatic carbocycles. The van der Waals surface area contributed by atoms with Gasteiger partial charge in [-0.2, -0.15) is 5.01 Å². The molecule has 0 bridgehead atoms. The molecule has 2 aromatic rings. The predicted molar refractivity (Wildman–Crippen MR) is 72.6 cm³/mol. The van der Waals surface area contributed by atoms with Gasteiger partial charge in [0.1, 0.15) is 5.75 Å². The van der Waals surface area contributed by atoms with Gasteiger partial charge in [0, 0.05) is 7.05 Å². The lowest BCUT2D eigenvalue weighted by molar-refractivity contribution is -0.136. The molecule has 0 saturated carbocycles. The van der Waals surface area contributed by atoms with E-state index in [-0.39, 0.29) is 0 Å². The Hall–Kier alpha value is -2.43. The van der Waals surface area contributed by atoms with E-state index in [1.54, 1.807) is 13.0 Å². The van der Waals surface area contributed by atoms with E-state index in [1.165, 1.54) is 7.05 Å². The van der Waals surface area contributed by atoms with Crippen molar-refractivity contribution in [3.8, 4) is 5.75 Å². The summed E-state index contributed by atoms with van der Waals surface area (Å²) in [5, 5.41) is 5.41. The first-order chi connectivity index (χ1) is 9.11. The molecule has 0 radical (unpaired) electrons. The van der Waals surface area contributed by atoms with Crippen LogP contribution < -0.4 is 4.74 Å². The normalized spacial score (nSPS) is 11.9. The van der Waals surface area contributed by atoms with Gasteiger partial charge in [0.15, 0.2) is 6.10 Å². The summed E-state index contributed by atoms with van der Waals surface area (Å²) in [6.45, 7) is 1.58. The molecule has 0 spiro atoms. The van der Waals surface area contributed by atoms with E-state index in [2.05, 4.69) is 5.29 Å². The van der Waals surface area contributed by atoms with E-state index in [0.29, 0.717) is 5.75 Å². The lowest BCUT2D eigenvalue weighted by atomic mass is 10.1. The molecule has 19 heavy (non-hydrogen) atoms. The number of likely N-dealkylation sites (N-methyl/N-ethyl adjacent to an activating group) is 1. The fourth-order valence-corrected chi connectivity index (χ4v) is 1.80. The van der Waals surface area contributed by atoms with E-state index in [1.807, 2.05) is 36.4 Å². The number of nitrogens with zero attached hydrogens (tertiary/aromatic N) is 2. The van der Waals surface area contributed by atoms with Gasteiger partial charge in [-0.15, -0.1) is 4.91 Å². The summed E-state index contributed by atoms with van der Waals surface area (Å²) < 4.78 is 5.52. The maximum Gasteiger partial charge on any atom is 0.285 e. The topological polar surface area (TPSA) is 59.0 Å². The predicted octanol–water partition coefficient (Wildman–Crippen LogP) is 2.75. The smallest absolute Gasteiger partial charge is 0.285 e. The molecule has 0 aliphatic rings. The van der Waals surface area contributed by atoms with Crippen molar-refractivity contribution < 1.29 is 9.53 Å². The maximum atomic E-state index is 11.6. The minimum absolute atomic E-state index is 0.483. The highest BCUT2D eigenvalue weighted by Gasteiger charge is 2.19. The number of rotatable bonds is 4. The molecule has 5 heteroatoms. The number of benzene rings is 2. The van der Waals surface area contributed by atoms with E-state index in [4.69, 9.17) is 4.74 Å². The fraction of sp³-hybridized carbons (Fsp3) is 0.214. The number of fused-ring (bicyclic) bond motifs is 1. The summed E-state index contributed by atoms with van der Waals surface area (Å²) in [5.41, 5.74) is 0. The minimum atomic E-state index is -0.760. The molecule has 0 N–H and O–H groups in total. The molecule has 2 aromatic carbocycles. The highest BCUT2D eigenvalue weighted by Crippen LogP contribution is 2.21. The highest BCUT2D eigenvalue weighted by atomic mass is 16.5. The Bertz CT molecular complexity index is 612. The van der Waals surface area contributed by atoms with E-state index < -0.39 is 12.0 Å². The zero-order valence-corrected chi connectivity index (χ0v) is 10.7. The van der Waals surface area contributed by atoms with E-state index in [0.717, 1.165) is 15.8 Å². The summed E-state index contributed by atoms with van der Waals surface area (Å²) in [7, 11) is 1.30. The molecule has 0 aliphatic heterocycles. The van der Waals surface area contributed by atoms with Crippen molar-refractivity contribution in [2.45, 2.75) is 13.0 Å². The molecule has 0 fully saturated rings. The van der Waals surface area contributed by atoms with Gasteiger partial charge in [0.25, 0.3) is 5.91 Å². The number of nitroso groups, excluding NO2 is 1. The lowest BCUT2D eigenvalue weighted by Crippen LogP contribution is -2.34. The van der Waals surface area contributed by atoms with Crippen LogP contribution in [0.3, 0.4) is 0 Å². The van der Waals surface area contributed by atoms with Gasteiger partial charge in [-0.3, -0.25) is 4.79 Å². The third-order valence-electron chi connectivity index (χ3n) is 2.82. The molecule has 98 valence electrons. The monoisotopic (exact) mass is 258 g/mol. The van der Waals surface area contributed by atoms with Crippen LogP contribution in [-0.2, 0) is 4.79 Å². The molecule has 2 rings (SSSR count). The van der Waals surface area contributed by atoms with Crippen LogP contribution in [0, 0.1) is 4.91 Å². The summed E-state index contributed by atoms with van der Waals surface area (Å²) in [6.07, 6.45) is -0.760. The zero-order valence-electron chi connectivity index (χ0n) is 10.7. The highest BCUT2D eigenvalue weighted by molar-refractivity contribution is 5.84. The Morgan fingerprint density at radius 1 is 1.21 bits per heavy atom. The summed E-state index contributed by atoms with van der Waals surface area (Å²) in [5.74, 6) is 0.0991. The largest absolute Gasteiger partial charge is 0.481 e. The van der Waals surface area contributed by atoms with Crippen molar-refractivity contribution in [3.63, 3.8) is 0 Å². The van der Waals surface area contributed by atoms with Crippen LogP contribution in [0.25, 0.3) is 10.8 Å². The first-order valence-corrected chi connectivity index (χ1v) is 5.88. The van der Waals surface area contributed by atoms with E-state index >= 15 is 0 Å². The van der Waals surface area contributed by atoms with Crippen molar-refractivity contribution in [3.05, 3.63) is 47.4 Å². The van der Waals surface area contributed by atoms with Crippen LogP contribution in [0.2, 0.25) is 0 Å². The van der Waals surface area contributed by atoms with Crippen LogP contribution in [-0.4, -0.2) is 24.1 Å². The van der Waals surface area contributed by atoms with Crippen molar-refractivity contribution in [2.75, 3.05) is 7.05 Å². The Morgan fingerprint density at radius 3 is 2.58 bits per heavy atom. The molecule has 1 atom stereocenters. The first-order valence-electron chi connectivity index (χ1n) is 5.88. The Kier molecular flexibility index (Phi) is 3.75. The Morgan fingerprint density at radius 2 is 1.89 bits per heavy atom. The number of amides is 1. The van der Waals surface area contributed by atoms with Gasteiger partial charge in [0.2, 0.25) is 0 Å². The number of hydrogen-bond acceptors (Lipinski definition) is 4. The van der Waals surface area contributed by atoms with Gasteiger partial charge < -0.3 is 4.74 Å². The van der Waals surface area contributed by atoms with Crippen LogP contribution in [0.15, 0.2) is 47.8 Å². The lowest BCUT2D eigenvalue weighted by Gasteiger charge is -2.16. The van der Waals surface area contributed by atoms with Crippen molar-refractivity contribution in [2.24, 2.45) is 5.29 Å². The number of carbonyl (C=O) groups is 1. The van der Waals surface area contributed by atoms with Crippen LogP contribution in [0.1, 0.15) is 6.92 Å². The number of hydrogen-bond donors (Lipinski definition) is 0. The van der Waals surface area contributed by atoms with E-state index in [9.17, 15) is 9.70 Å². The zero-order chi connectivity index (χ0) is 13.8. The first kappa shape index (κ1) is 13.0. The second-order valence-electron chi connectivity index (χ2n) is 4.21. The maximum absolute atomic E-state index is 11.6. The fourth-order valence-electron chi connectivity index (χ4n) is 1.80. The molecule has 1 amide bonds. The molecule has 5 nitrogen and oxygen atoms in total. The van der Waals surface area contributed by atoms with Gasteiger partial charge in [-0.1, -0.05) is 30.3 Å². The standard InChI is InChI=1S/C14H14N2O3/c1-10(14(17)16(2)15-18)19-13-8-7-11-5-3-4-6-12(11)9-13/h3-10H,1-2H3/t10-/m1/s1.